The predicted octanol–water partition coefficient (Wildman–Crippen LogP) is 2.61. The summed E-state index contributed by atoms with van der Waals surface area (Å²) >= 11 is 0. The number of nitrogens with one attached hydrogen (secondary N) is 3. The van der Waals surface area contributed by atoms with Crippen molar-refractivity contribution in [2.75, 3.05) is 29.7 Å². The number of hydrogen-bond acceptors (Lipinski definition) is 7. The summed E-state index contributed by atoms with van der Waals surface area (Å²) in [5.41, 5.74) is -0.317. The number of carboxylic acids is 1. The van der Waals surface area contributed by atoms with Gasteiger partial charge in [-0.25, -0.2) is 13.2 Å². The van der Waals surface area contributed by atoms with Crippen molar-refractivity contribution >= 4 is 33.3 Å². The van der Waals surface area contributed by atoms with Crippen molar-refractivity contribution in [1.82, 2.24) is 10.2 Å². The number of anilines is 2. The number of nitrogens with zero attached hydrogens (tertiary/aromatic N) is 1. The Hall–Kier alpha value is -3.15. The molecule has 0 radical (unpaired) electrons. The van der Waals surface area contributed by atoms with Crippen molar-refractivity contribution in [1.29, 1.82) is 0 Å². The number of carbonyl (C=O) groups excluding carboxylic acids is 1. The van der Waals surface area contributed by atoms with E-state index >= 15 is 0 Å². The number of amides is 1. The van der Waals surface area contributed by atoms with E-state index in [1.165, 1.54) is 36.8 Å². The van der Waals surface area contributed by atoms with Crippen LogP contribution in [0.15, 0.2) is 41.3 Å². The van der Waals surface area contributed by atoms with Gasteiger partial charge in [0.1, 0.15) is 22.3 Å². The van der Waals surface area contributed by atoms with Gasteiger partial charge >= 0.3 is 5.97 Å². The van der Waals surface area contributed by atoms with Crippen molar-refractivity contribution in [2.24, 2.45) is 0 Å². The molecule has 2 atom stereocenters. The topological polar surface area (TPSA) is 148 Å². The van der Waals surface area contributed by atoms with Crippen molar-refractivity contribution in [3.05, 3.63) is 47.5 Å². The molecule has 4 rings (SSSR count). The lowest BCUT2D eigenvalue weighted by atomic mass is 10.0. The summed E-state index contributed by atoms with van der Waals surface area (Å²) < 4.78 is 28.9. The normalized spacial score (nSPS) is 20.7. The highest BCUT2D eigenvalue weighted by Gasteiger charge is 2.37. The Labute approximate surface area is 210 Å². The summed E-state index contributed by atoms with van der Waals surface area (Å²) in [6.45, 7) is 4.34. The maximum atomic E-state index is 13.3. The van der Waals surface area contributed by atoms with Gasteiger partial charge in [0.15, 0.2) is 0 Å². The predicted molar refractivity (Wildman–Crippen MR) is 136 cm³/mol. The minimum absolute atomic E-state index is 0.0466. The standard InChI is InChI=1S/C25H32N4O6S/c1-2-16-10-11-18(21(23(16)30)25(32)33)28-36(34,35)20-9-5-4-8-17(20)27-24(31)22-19(12-13-26-22)29-14-6-3-7-15-29/h4-5,8-11,19,22,26,28,30H,2-3,6-7,12-15H2,1H3,(H,27,31)(H,32,33)/t19?,22-/m0/s1. The van der Waals surface area contributed by atoms with Gasteiger partial charge in [0.2, 0.25) is 5.91 Å². The highest BCUT2D eigenvalue weighted by atomic mass is 32.2. The van der Waals surface area contributed by atoms with E-state index < -0.39 is 33.3 Å². The van der Waals surface area contributed by atoms with Gasteiger partial charge in [-0.05, 0) is 69.1 Å². The largest absolute Gasteiger partial charge is 0.507 e. The van der Waals surface area contributed by atoms with Crippen LogP contribution in [0.1, 0.15) is 48.5 Å². The Morgan fingerprint density at radius 2 is 1.81 bits per heavy atom. The Kier molecular flexibility index (Phi) is 7.82. The van der Waals surface area contributed by atoms with E-state index in [0.717, 1.165) is 32.4 Å². The van der Waals surface area contributed by atoms with E-state index in [9.17, 15) is 28.2 Å². The first-order valence-electron chi connectivity index (χ1n) is 12.2. The minimum atomic E-state index is -4.31. The Balaban J connectivity index is 1.58. The fourth-order valence-electron chi connectivity index (χ4n) is 5.04. The number of rotatable bonds is 8. The number of hydrogen-bond donors (Lipinski definition) is 5. The summed E-state index contributed by atoms with van der Waals surface area (Å²) in [6, 6.07) is 8.32. The van der Waals surface area contributed by atoms with Crippen LogP contribution >= 0.6 is 0 Å². The average molecular weight is 517 g/mol. The van der Waals surface area contributed by atoms with Gasteiger partial charge in [-0.15, -0.1) is 0 Å². The van der Waals surface area contributed by atoms with Crippen LogP contribution in [0.2, 0.25) is 0 Å². The van der Waals surface area contributed by atoms with Crippen molar-refractivity contribution in [3.8, 4) is 5.75 Å². The first-order valence-corrected chi connectivity index (χ1v) is 13.7. The molecule has 0 bridgehead atoms. The summed E-state index contributed by atoms with van der Waals surface area (Å²) in [4.78, 5) is 27.2. The van der Waals surface area contributed by atoms with Gasteiger partial charge in [0.25, 0.3) is 10.0 Å². The van der Waals surface area contributed by atoms with E-state index in [4.69, 9.17) is 0 Å². The maximum Gasteiger partial charge on any atom is 0.341 e. The molecule has 10 nitrogen and oxygen atoms in total. The zero-order valence-electron chi connectivity index (χ0n) is 20.2. The van der Waals surface area contributed by atoms with E-state index in [0.29, 0.717) is 18.5 Å². The highest BCUT2D eigenvalue weighted by Crippen LogP contribution is 2.33. The molecular weight excluding hydrogens is 484 g/mol. The van der Waals surface area contributed by atoms with Crippen LogP contribution in [0.4, 0.5) is 11.4 Å². The fraction of sp³-hybridized carbons (Fsp3) is 0.440. The number of carbonyl (C=O) groups is 2. The molecule has 2 aromatic carbocycles. The first kappa shape index (κ1) is 25.9. The number of benzene rings is 2. The summed E-state index contributed by atoms with van der Waals surface area (Å²) in [5, 5.41) is 26.0. The lowest BCUT2D eigenvalue weighted by molar-refractivity contribution is -0.119. The second kappa shape index (κ2) is 10.9. The monoisotopic (exact) mass is 516 g/mol. The maximum absolute atomic E-state index is 13.3. The van der Waals surface area contributed by atoms with Crippen LogP contribution in [0.3, 0.4) is 0 Å². The highest BCUT2D eigenvalue weighted by molar-refractivity contribution is 7.92. The van der Waals surface area contributed by atoms with Gasteiger partial charge in [0, 0.05) is 6.04 Å². The second-order valence-corrected chi connectivity index (χ2v) is 10.8. The van der Waals surface area contributed by atoms with Gasteiger partial charge in [0.05, 0.1) is 11.4 Å². The Bertz CT molecular complexity index is 1240. The van der Waals surface area contributed by atoms with Crippen LogP contribution in [0, 0.1) is 0 Å². The molecule has 2 heterocycles. The average Bonchev–Trinajstić information content (AvgIpc) is 3.35. The van der Waals surface area contributed by atoms with Gasteiger partial charge < -0.3 is 20.8 Å². The molecule has 0 aromatic heterocycles. The number of piperidine rings is 1. The van der Waals surface area contributed by atoms with Gasteiger partial charge in [-0.3, -0.25) is 14.4 Å². The van der Waals surface area contributed by atoms with Crippen LogP contribution in [0.5, 0.6) is 5.75 Å². The Morgan fingerprint density at radius 3 is 2.50 bits per heavy atom. The molecule has 2 fully saturated rings. The zero-order valence-corrected chi connectivity index (χ0v) is 21.0. The van der Waals surface area contributed by atoms with Crippen molar-refractivity contribution in [2.45, 2.75) is 56.0 Å². The molecule has 2 aliphatic heterocycles. The molecule has 0 spiro atoms. The smallest absolute Gasteiger partial charge is 0.341 e. The van der Waals surface area contributed by atoms with E-state index in [2.05, 4.69) is 20.3 Å². The van der Waals surface area contributed by atoms with Crippen LogP contribution in [0.25, 0.3) is 0 Å². The number of likely N-dealkylation sites (tertiary alicyclic amines) is 1. The number of sulfonamides is 1. The lowest BCUT2D eigenvalue weighted by Crippen LogP contribution is -2.51. The summed E-state index contributed by atoms with van der Waals surface area (Å²) in [5.74, 6) is -2.26. The lowest BCUT2D eigenvalue weighted by Gasteiger charge is -2.34. The van der Waals surface area contributed by atoms with E-state index in [-0.39, 0.29) is 28.2 Å². The van der Waals surface area contributed by atoms with Crippen molar-refractivity contribution in [3.63, 3.8) is 0 Å². The number of aryl methyl sites for hydroxylation is 1. The third-order valence-electron chi connectivity index (χ3n) is 6.87. The van der Waals surface area contributed by atoms with Crippen molar-refractivity contribution < 1.29 is 28.2 Å². The third kappa shape index (κ3) is 5.32. The zero-order chi connectivity index (χ0) is 25.9. The number of aromatic hydroxyl groups is 1. The molecule has 2 aliphatic rings. The van der Waals surface area contributed by atoms with Crippen LogP contribution < -0.4 is 15.4 Å². The number of phenols is 1. The minimum Gasteiger partial charge on any atom is -0.507 e. The molecule has 1 unspecified atom stereocenters. The van der Waals surface area contributed by atoms with E-state index in [1.807, 2.05) is 0 Å². The van der Waals surface area contributed by atoms with Gasteiger partial charge in [-0.2, -0.15) is 0 Å². The molecule has 0 saturated carbocycles. The Morgan fingerprint density at radius 1 is 1.08 bits per heavy atom. The van der Waals surface area contributed by atoms with Gasteiger partial charge in [-0.1, -0.05) is 31.5 Å². The number of aromatic carboxylic acids is 1. The quantitative estimate of drug-likeness (QED) is 0.360. The molecular formula is C25H32N4O6S. The number of carboxylic acid groups (broad SMARTS) is 1. The molecule has 194 valence electrons. The molecule has 11 heteroatoms. The molecule has 2 aromatic rings. The summed E-state index contributed by atoms with van der Waals surface area (Å²) in [6.07, 6.45) is 4.61. The fourth-order valence-corrected chi connectivity index (χ4v) is 6.27. The SMILES string of the molecule is CCc1ccc(NS(=O)(=O)c2ccccc2NC(=O)[C@H]2NCCC2N2CCCCC2)c(C(=O)O)c1O. The number of para-hydroxylation sites is 1. The molecule has 5 N–H and O–H groups in total. The van der Waals surface area contributed by atoms with Crippen LogP contribution in [-0.2, 0) is 21.2 Å². The third-order valence-corrected chi connectivity index (χ3v) is 8.29. The molecule has 0 aliphatic carbocycles. The molecule has 2 saturated heterocycles. The molecule has 1 amide bonds. The molecule has 36 heavy (non-hydrogen) atoms. The second-order valence-electron chi connectivity index (χ2n) is 9.13. The first-order chi connectivity index (χ1) is 17.2. The van der Waals surface area contributed by atoms with E-state index in [1.54, 1.807) is 13.0 Å². The van der Waals surface area contributed by atoms with Crippen LogP contribution in [-0.4, -0.2) is 67.1 Å². The summed E-state index contributed by atoms with van der Waals surface area (Å²) in [7, 11) is -4.31.